The zero-order valence-electron chi connectivity index (χ0n) is 10.4. The van der Waals surface area contributed by atoms with E-state index in [4.69, 9.17) is 11.5 Å². The second-order valence-electron chi connectivity index (χ2n) is 4.53. The predicted octanol–water partition coefficient (Wildman–Crippen LogP) is 2.56. The minimum atomic E-state index is 0.211. The van der Waals surface area contributed by atoms with Gasteiger partial charge in [0.05, 0.1) is 10.9 Å². The molecule has 4 N–H and O–H groups in total. The van der Waals surface area contributed by atoms with Crippen molar-refractivity contribution in [2.45, 2.75) is 13.8 Å². The first-order chi connectivity index (χ1) is 8.58. The summed E-state index contributed by atoms with van der Waals surface area (Å²) in [7, 11) is 0. The number of benzene rings is 2. The maximum atomic E-state index is 5.98. The summed E-state index contributed by atoms with van der Waals surface area (Å²) in [4.78, 5) is 8.27. The van der Waals surface area contributed by atoms with Crippen molar-refractivity contribution in [2.24, 2.45) is 0 Å². The summed E-state index contributed by atoms with van der Waals surface area (Å²) in [5.74, 6) is 0.648. The minimum absolute atomic E-state index is 0.211. The predicted molar refractivity (Wildman–Crippen MR) is 75.3 cm³/mol. The molecule has 0 saturated heterocycles. The molecular formula is C14H14N4. The summed E-state index contributed by atoms with van der Waals surface area (Å²) in [5, 5.41) is 3.14. The number of nitrogen functional groups attached to an aromatic ring is 2. The molecule has 0 saturated carbocycles. The second-order valence-corrected chi connectivity index (χ2v) is 4.53. The normalized spacial score (nSPS) is 11.2. The van der Waals surface area contributed by atoms with Crippen molar-refractivity contribution in [3.05, 3.63) is 35.4 Å². The zero-order valence-corrected chi connectivity index (χ0v) is 10.4. The average Bonchev–Trinajstić information content (AvgIpc) is 2.32. The molecule has 1 heterocycles. The highest BCUT2D eigenvalue weighted by Crippen LogP contribution is 2.31. The third-order valence-corrected chi connectivity index (χ3v) is 3.45. The topological polar surface area (TPSA) is 77.8 Å². The molecule has 0 atom stereocenters. The Hall–Kier alpha value is -2.36. The van der Waals surface area contributed by atoms with E-state index in [1.54, 1.807) is 0 Å². The molecule has 0 spiro atoms. The number of nitrogens with two attached hydrogens (primary N) is 2. The Labute approximate surface area is 105 Å². The monoisotopic (exact) mass is 238 g/mol. The third kappa shape index (κ3) is 1.39. The Bertz CT molecular complexity index is 778. The first-order valence-corrected chi connectivity index (χ1v) is 5.79. The lowest BCUT2D eigenvalue weighted by Gasteiger charge is -2.10. The van der Waals surface area contributed by atoms with Gasteiger partial charge in [-0.1, -0.05) is 18.2 Å². The lowest BCUT2D eigenvalue weighted by Crippen LogP contribution is -2.01. The SMILES string of the molecule is Cc1ccc2c(ccc3nc(N)nc(N)c32)c1C. The van der Waals surface area contributed by atoms with Crippen molar-refractivity contribution in [3.8, 4) is 0 Å². The Balaban J connectivity index is 2.58. The number of rotatable bonds is 0. The molecule has 0 bridgehead atoms. The van der Waals surface area contributed by atoms with Gasteiger partial charge in [-0.25, -0.2) is 4.98 Å². The van der Waals surface area contributed by atoms with E-state index in [9.17, 15) is 0 Å². The van der Waals surface area contributed by atoms with Gasteiger partial charge in [-0.15, -0.1) is 0 Å². The molecule has 0 radical (unpaired) electrons. The molecule has 0 amide bonds. The van der Waals surface area contributed by atoms with Crippen LogP contribution in [0.3, 0.4) is 0 Å². The maximum Gasteiger partial charge on any atom is 0.222 e. The lowest BCUT2D eigenvalue weighted by molar-refractivity contribution is 1.25. The molecule has 0 unspecified atom stereocenters. The Kier molecular flexibility index (Phi) is 2.13. The average molecular weight is 238 g/mol. The van der Waals surface area contributed by atoms with E-state index in [0.29, 0.717) is 5.82 Å². The van der Waals surface area contributed by atoms with Crippen LogP contribution < -0.4 is 11.5 Å². The van der Waals surface area contributed by atoms with Crippen molar-refractivity contribution in [2.75, 3.05) is 11.5 Å². The largest absolute Gasteiger partial charge is 0.383 e. The maximum absolute atomic E-state index is 5.98. The van der Waals surface area contributed by atoms with Gasteiger partial charge in [0, 0.05) is 0 Å². The lowest BCUT2D eigenvalue weighted by atomic mass is 9.98. The van der Waals surface area contributed by atoms with Gasteiger partial charge in [-0.05, 0) is 41.8 Å². The number of hydrogen-bond donors (Lipinski definition) is 2. The highest BCUT2D eigenvalue weighted by molar-refractivity contribution is 6.12. The molecule has 3 aromatic rings. The summed E-state index contributed by atoms with van der Waals surface area (Å²) in [6.45, 7) is 4.21. The molecule has 0 aliphatic heterocycles. The molecule has 90 valence electrons. The third-order valence-electron chi connectivity index (χ3n) is 3.45. The highest BCUT2D eigenvalue weighted by atomic mass is 15.0. The van der Waals surface area contributed by atoms with E-state index < -0.39 is 0 Å². The van der Waals surface area contributed by atoms with E-state index in [2.05, 4.69) is 42.0 Å². The van der Waals surface area contributed by atoms with Crippen LogP contribution in [-0.2, 0) is 0 Å². The molecule has 4 heteroatoms. The first-order valence-electron chi connectivity index (χ1n) is 5.79. The molecule has 3 rings (SSSR count). The van der Waals surface area contributed by atoms with Gasteiger partial charge in [0.1, 0.15) is 5.82 Å². The van der Waals surface area contributed by atoms with Crippen LogP contribution in [0.2, 0.25) is 0 Å². The van der Waals surface area contributed by atoms with E-state index in [-0.39, 0.29) is 5.95 Å². The van der Waals surface area contributed by atoms with Gasteiger partial charge in [0.15, 0.2) is 0 Å². The number of fused-ring (bicyclic) bond motifs is 3. The molecule has 4 nitrogen and oxygen atoms in total. The summed E-state index contributed by atoms with van der Waals surface area (Å²) in [5.41, 5.74) is 14.9. The fourth-order valence-corrected chi connectivity index (χ4v) is 2.34. The van der Waals surface area contributed by atoms with Crippen LogP contribution in [0.25, 0.3) is 21.7 Å². The van der Waals surface area contributed by atoms with Crippen molar-refractivity contribution in [1.29, 1.82) is 0 Å². The van der Waals surface area contributed by atoms with Gasteiger partial charge in [-0.3, -0.25) is 0 Å². The van der Waals surface area contributed by atoms with Crippen LogP contribution in [0.4, 0.5) is 11.8 Å². The van der Waals surface area contributed by atoms with Crippen LogP contribution in [0.1, 0.15) is 11.1 Å². The summed E-state index contributed by atoms with van der Waals surface area (Å²) in [6.07, 6.45) is 0. The number of aryl methyl sites for hydroxylation is 2. The molecular weight excluding hydrogens is 224 g/mol. The van der Waals surface area contributed by atoms with Gasteiger partial charge in [0.25, 0.3) is 0 Å². The Morgan fingerprint density at radius 3 is 2.39 bits per heavy atom. The summed E-state index contributed by atoms with van der Waals surface area (Å²) < 4.78 is 0. The van der Waals surface area contributed by atoms with Crippen molar-refractivity contribution in [1.82, 2.24) is 9.97 Å². The van der Waals surface area contributed by atoms with Gasteiger partial charge < -0.3 is 11.5 Å². The smallest absolute Gasteiger partial charge is 0.222 e. The molecule has 18 heavy (non-hydrogen) atoms. The molecule has 0 fully saturated rings. The number of aromatic nitrogens is 2. The van der Waals surface area contributed by atoms with Crippen LogP contribution in [0.5, 0.6) is 0 Å². The number of anilines is 2. The summed E-state index contributed by atoms with van der Waals surface area (Å²) in [6, 6.07) is 8.16. The quantitative estimate of drug-likeness (QED) is 0.590. The zero-order chi connectivity index (χ0) is 12.9. The highest BCUT2D eigenvalue weighted by Gasteiger charge is 2.09. The van der Waals surface area contributed by atoms with Gasteiger partial charge in [-0.2, -0.15) is 4.98 Å². The standard InChI is InChI=1S/C14H14N4/c1-7-3-4-10-9(8(7)2)5-6-11-12(10)13(15)18-14(16)17-11/h3-6H,1-2H3,(H4,15,16,17,18). The fraction of sp³-hybridized carbons (Fsp3) is 0.143. The van der Waals surface area contributed by atoms with Crippen LogP contribution >= 0.6 is 0 Å². The van der Waals surface area contributed by atoms with E-state index in [1.165, 1.54) is 16.5 Å². The minimum Gasteiger partial charge on any atom is -0.383 e. The molecule has 1 aromatic heterocycles. The van der Waals surface area contributed by atoms with Gasteiger partial charge >= 0.3 is 0 Å². The van der Waals surface area contributed by atoms with Crippen LogP contribution in [0, 0.1) is 13.8 Å². The first kappa shape index (κ1) is 10.8. The van der Waals surface area contributed by atoms with Gasteiger partial charge in [0.2, 0.25) is 5.95 Å². The van der Waals surface area contributed by atoms with Crippen LogP contribution in [-0.4, -0.2) is 9.97 Å². The van der Waals surface area contributed by atoms with Crippen molar-refractivity contribution in [3.63, 3.8) is 0 Å². The Morgan fingerprint density at radius 2 is 1.61 bits per heavy atom. The number of hydrogen-bond acceptors (Lipinski definition) is 4. The van der Waals surface area contributed by atoms with E-state index in [1.807, 2.05) is 6.07 Å². The van der Waals surface area contributed by atoms with Crippen molar-refractivity contribution < 1.29 is 0 Å². The van der Waals surface area contributed by atoms with E-state index in [0.717, 1.165) is 16.3 Å². The molecule has 0 aliphatic carbocycles. The van der Waals surface area contributed by atoms with E-state index >= 15 is 0 Å². The molecule has 0 aliphatic rings. The molecule has 2 aromatic carbocycles. The Morgan fingerprint density at radius 1 is 0.889 bits per heavy atom. The fourth-order valence-electron chi connectivity index (χ4n) is 2.34. The van der Waals surface area contributed by atoms with Crippen LogP contribution in [0.15, 0.2) is 24.3 Å². The van der Waals surface area contributed by atoms with Crippen molar-refractivity contribution >= 4 is 33.4 Å². The summed E-state index contributed by atoms with van der Waals surface area (Å²) >= 11 is 0. The number of nitrogens with zero attached hydrogens (tertiary/aromatic N) is 2. The second kappa shape index (κ2) is 3.57.